The molecular formula is C17H10F2N2. The molecule has 4 heteroatoms. The molecule has 1 aliphatic rings. The molecule has 1 aliphatic carbocycles. The number of fused-ring (bicyclic) bond motifs is 3. The Hall–Kier alpha value is -2.62. The number of halogens is 2. The summed E-state index contributed by atoms with van der Waals surface area (Å²) in [5.41, 5.74) is 3.63. The monoisotopic (exact) mass is 280 g/mol. The molecule has 1 atom stereocenters. The first-order chi connectivity index (χ1) is 10.3. The molecule has 0 bridgehead atoms. The summed E-state index contributed by atoms with van der Waals surface area (Å²) in [7, 11) is 0. The van der Waals surface area contributed by atoms with Gasteiger partial charge in [0, 0.05) is 23.2 Å². The molecule has 0 amide bonds. The fraction of sp³-hybridized carbons (Fsp3) is 0.0588. The van der Waals surface area contributed by atoms with E-state index in [0.717, 1.165) is 22.4 Å². The smallest absolute Gasteiger partial charge is 0.127 e. The van der Waals surface area contributed by atoms with E-state index in [1.807, 2.05) is 0 Å². The van der Waals surface area contributed by atoms with Gasteiger partial charge in [0.15, 0.2) is 0 Å². The van der Waals surface area contributed by atoms with Crippen molar-refractivity contribution in [3.05, 3.63) is 83.3 Å². The van der Waals surface area contributed by atoms with Crippen molar-refractivity contribution in [1.29, 1.82) is 0 Å². The van der Waals surface area contributed by atoms with Gasteiger partial charge in [0.25, 0.3) is 0 Å². The standard InChI is InChI=1S/C17H10F2N2/c18-10-5-6-11-13(7-10)16(12-3-1-2-4-15(12)19)14-8-20-9-21-17(11)14/h1-9,16H. The Kier molecular flexibility index (Phi) is 2.57. The van der Waals surface area contributed by atoms with Crippen LogP contribution in [0.2, 0.25) is 0 Å². The lowest BCUT2D eigenvalue weighted by Gasteiger charge is -2.14. The van der Waals surface area contributed by atoms with Crippen LogP contribution in [0.5, 0.6) is 0 Å². The first-order valence-corrected chi connectivity index (χ1v) is 6.60. The third kappa shape index (κ3) is 1.76. The largest absolute Gasteiger partial charge is 0.244 e. The van der Waals surface area contributed by atoms with Gasteiger partial charge in [0.2, 0.25) is 0 Å². The average molecular weight is 280 g/mol. The van der Waals surface area contributed by atoms with Crippen molar-refractivity contribution < 1.29 is 8.78 Å². The highest BCUT2D eigenvalue weighted by molar-refractivity contribution is 5.77. The molecule has 0 saturated carbocycles. The molecule has 0 saturated heterocycles. The minimum atomic E-state index is -0.368. The number of benzene rings is 2. The van der Waals surface area contributed by atoms with Crippen LogP contribution in [-0.2, 0) is 0 Å². The van der Waals surface area contributed by atoms with Crippen molar-refractivity contribution in [1.82, 2.24) is 9.97 Å². The summed E-state index contributed by atoms with van der Waals surface area (Å²) < 4.78 is 27.8. The molecule has 1 aromatic heterocycles. The zero-order valence-electron chi connectivity index (χ0n) is 10.9. The van der Waals surface area contributed by atoms with E-state index in [2.05, 4.69) is 9.97 Å². The molecule has 102 valence electrons. The molecule has 2 nitrogen and oxygen atoms in total. The van der Waals surface area contributed by atoms with Gasteiger partial charge >= 0.3 is 0 Å². The maximum absolute atomic E-state index is 14.2. The van der Waals surface area contributed by atoms with Gasteiger partial charge in [0.05, 0.1) is 5.69 Å². The third-order valence-electron chi connectivity index (χ3n) is 3.85. The van der Waals surface area contributed by atoms with Gasteiger partial charge in [-0.25, -0.2) is 18.7 Å². The van der Waals surface area contributed by atoms with Gasteiger partial charge in [-0.05, 0) is 35.4 Å². The maximum atomic E-state index is 14.2. The lowest BCUT2D eigenvalue weighted by atomic mass is 9.90. The van der Waals surface area contributed by atoms with Crippen molar-refractivity contribution >= 4 is 0 Å². The van der Waals surface area contributed by atoms with Crippen LogP contribution in [0.1, 0.15) is 22.6 Å². The molecule has 0 spiro atoms. The van der Waals surface area contributed by atoms with Crippen molar-refractivity contribution in [2.24, 2.45) is 0 Å². The highest BCUT2D eigenvalue weighted by Crippen LogP contribution is 2.47. The SMILES string of the molecule is Fc1ccc2c(c1)C(c1ccccc1F)c1cncnc1-2. The molecule has 21 heavy (non-hydrogen) atoms. The van der Waals surface area contributed by atoms with Crippen molar-refractivity contribution in [3.63, 3.8) is 0 Å². The summed E-state index contributed by atoms with van der Waals surface area (Å²) in [5.74, 6) is -1.02. The Morgan fingerprint density at radius 2 is 1.76 bits per heavy atom. The Balaban J connectivity index is 2.04. The van der Waals surface area contributed by atoms with Crippen molar-refractivity contribution in [3.8, 4) is 11.3 Å². The summed E-state index contributed by atoms with van der Waals surface area (Å²) in [5, 5.41) is 0. The summed E-state index contributed by atoms with van der Waals surface area (Å²) in [6.45, 7) is 0. The van der Waals surface area contributed by atoms with Crippen LogP contribution in [0.15, 0.2) is 55.0 Å². The van der Waals surface area contributed by atoms with Gasteiger partial charge in [0.1, 0.15) is 18.0 Å². The molecule has 2 aromatic carbocycles. The van der Waals surface area contributed by atoms with E-state index in [1.165, 1.54) is 24.5 Å². The molecular weight excluding hydrogens is 270 g/mol. The molecule has 0 fully saturated rings. The zero-order valence-corrected chi connectivity index (χ0v) is 10.9. The topological polar surface area (TPSA) is 25.8 Å². The fourth-order valence-electron chi connectivity index (χ4n) is 2.98. The van der Waals surface area contributed by atoms with E-state index >= 15 is 0 Å². The van der Waals surface area contributed by atoms with E-state index in [9.17, 15) is 8.78 Å². The van der Waals surface area contributed by atoms with Crippen LogP contribution in [0.3, 0.4) is 0 Å². The predicted molar refractivity (Wildman–Crippen MR) is 74.8 cm³/mol. The van der Waals surface area contributed by atoms with Crippen LogP contribution in [0.4, 0.5) is 8.78 Å². The minimum absolute atomic E-state index is 0.311. The average Bonchev–Trinajstić information content (AvgIpc) is 2.81. The van der Waals surface area contributed by atoms with Gasteiger partial charge in [-0.1, -0.05) is 18.2 Å². The molecule has 0 aliphatic heterocycles. The summed E-state index contributed by atoms with van der Waals surface area (Å²) in [6.07, 6.45) is 3.13. The zero-order chi connectivity index (χ0) is 14.4. The second kappa shape index (κ2) is 4.45. The Labute approximate surface area is 120 Å². The number of hydrogen-bond donors (Lipinski definition) is 0. The highest BCUT2D eigenvalue weighted by Gasteiger charge is 2.33. The molecule has 4 rings (SSSR count). The number of rotatable bonds is 1. The number of hydrogen-bond acceptors (Lipinski definition) is 2. The van der Waals surface area contributed by atoms with Crippen LogP contribution in [0, 0.1) is 11.6 Å². The molecule has 1 heterocycles. The third-order valence-corrected chi connectivity index (χ3v) is 3.85. The van der Waals surface area contributed by atoms with Crippen molar-refractivity contribution in [2.75, 3.05) is 0 Å². The Bertz CT molecular complexity index is 846. The van der Waals surface area contributed by atoms with E-state index in [-0.39, 0.29) is 17.6 Å². The summed E-state index contributed by atoms with van der Waals surface area (Å²) in [6, 6.07) is 11.1. The molecule has 0 N–H and O–H groups in total. The second-order valence-electron chi connectivity index (χ2n) is 5.01. The van der Waals surface area contributed by atoms with Crippen LogP contribution < -0.4 is 0 Å². The van der Waals surface area contributed by atoms with Gasteiger partial charge in [-0.3, -0.25) is 0 Å². The Morgan fingerprint density at radius 1 is 0.905 bits per heavy atom. The second-order valence-corrected chi connectivity index (χ2v) is 5.01. The van der Waals surface area contributed by atoms with Gasteiger partial charge in [-0.15, -0.1) is 0 Å². The normalized spacial score (nSPS) is 15.6. The summed E-state index contributed by atoms with van der Waals surface area (Å²) >= 11 is 0. The van der Waals surface area contributed by atoms with Crippen LogP contribution >= 0.6 is 0 Å². The molecule has 3 aromatic rings. The summed E-state index contributed by atoms with van der Waals surface area (Å²) in [4.78, 5) is 8.32. The molecule has 0 radical (unpaired) electrons. The number of nitrogens with zero attached hydrogens (tertiary/aromatic N) is 2. The van der Waals surface area contributed by atoms with E-state index in [4.69, 9.17) is 0 Å². The Morgan fingerprint density at radius 3 is 2.62 bits per heavy atom. The van der Waals surface area contributed by atoms with E-state index in [1.54, 1.807) is 30.5 Å². The fourth-order valence-corrected chi connectivity index (χ4v) is 2.98. The predicted octanol–water partition coefficient (Wildman–Crippen LogP) is 3.92. The van der Waals surface area contributed by atoms with Crippen LogP contribution in [0.25, 0.3) is 11.3 Å². The van der Waals surface area contributed by atoms with Gasteiger partial charge in [-0.2, -0.15) is 0 Å². The lowest BCUT2D eigenvalue weighted by molar-refractivity contribution is 0.605. The lowest BCUT2D eigenvalue weighted by Crippen LogP contribution is -2.03. The van der Waals surface area contributed by atoms with Gasteiger partial charge < -0.3 is 0 Å². The quantitative estimate of drug-likeness (QED) is 0.528. The van der Waals surface area contributed by atoms with Crippen molar-refractivity contribution in [2.45, 2.75) is 5.92 Å². The highest BCUT2D eigenvalue weighted by atomic mass is 19.1. The van der Waals surface area contributed by atoms with E-state index < -0.39 is 0 Å². The maximum Gasteiger partial charge on any atom is 0.127 e. The number of aromatic nitrogens is 2. The first-order valence-electron chi connectivity index (χ1n) is 6.60. The first kappa shape index (κ1) is 12.1. The molecule has 1 unspecified atom stereocenters. The van der Waals surface area contributed by atoms with E-state index in [0.29, 0.717) is 5.56 Å². The van der Waals surface area contributed by atoms with Crippen LogP contribution in [-0.4, -0.2) is 9.97 Å². The minimum Gasteiger partial charge on any atom is -0.244 e.